The lowest BCUT2D eigenvalue weighted by Crippen LogP contribution is -2.24. The Kier molecular flexibility index (Phi) is 6.91. The average molecular weight is 309 g/mol. The average Bonchev–Trinajstić information content (AvgIpc) is 2.89. The fourth-order valence-electron chi connectivity index (χ4n) is 1.99. The normalized spacial score (nSPS) is 10.0. The zero-order chi connectivity index (χ0) is 14.4. The topological polar surface area (TPSA) is 72.9 Å². The SMILES string of the molecule is Cl.Cn1cc(CCCNC(=O)c2ccc(CN)cc2)cn1. The molecule has 0 aliphatic rings. The first-order valence-corrected chi connectivity index (χ1v) is 6.74. The Balaban J connectivity index is 0.00000220. The van der Waals surface area contributed by atoms with E-state index in [4.69, 9.17) is 5.73 Å². The quantitative estimate of drug-likeness (QED) is 0.797. The van der Waals surface area contributed by atoms with Crippen LogP contribution in [-0.4, -0.2) is 22.2 Å². The van der Waals surface area contributed by atoms with Gasteiger partial charge in [-0.15, -0.1) is 12.4 Å². The van der Waals surface area contributed by atoms with Crippen LogP contribution in [0.4, 0.5) is 0 Å². The molecule has 0 saturated carbocycles. The number of nitrogens with zero attached hydrogens (tertiary/aromatic N) is 2. The van der Waals surface area contributed by atoms with Gasteiger partial charge in [-0.25, -0.2) is 0 Å². The second-order valence-corrected chi connectivity index (χ2v) is 4.78. The zero-order valence-corrected chi connectivity index (χ0v) is 12.9. The Hall–Kier alpha value is -1.85. The highest BCUT2D eigenvalue weighted by atomic mass is 35.5. The van der Waals surface area contributed by atoms with Crippen molar-refractivity contribution in [3.8, 4) is 0 Å². The summed E-state index contributed by atoms with van der Waals surface area (Å²) in [6, 6.07) is 7.37. The van der Waals surface area contributed by atoms with Gasteiger partial charge in [-0.1, -0.05) is 12.1 Å². The predicted octanol–water partition coefficient (Wildman–Crippen LogP) is 1.66. The van der Waals surface area contributed by atoms with Crippen molar-refractivity contribution in [3.05, 3.63) is 53.3 Å². The van der Waals surface area contributed by atoms with Gasteiger partial charge >= 0.3 is 0 Å². The van der Waals surface area contributed by atoms with Crippen LogP contribution in [0.15, 0.2) is 36.7 Å². The molecular weight excluding hydrogens is 288 g/mol. The molecule has 0 bridgehead atoms. The van der Waals surface area contributed by atoms with Crippen molar-refractivity contribution in [2.75, 3.05) is 6.54 Å². The van der Waals surface area contributed by atoms with E-state index < -0.39 is 0 Å². The standard InChI is InChI=1S/C15H20N4O.ClH/c1-19-11-13(10-18-19)3-2-8-17-15(20)14-6-4-12(9-16)5-7-14;/h4-7,10-11H,2-3,8-9,16H2,1H3,(H,17,20);1H. The Labute approximate surface area is 130 Å². The van der Waals surface area contributed by atoms with Crippen LogP contribution >= 0.6 is 12.4 Å². The molecule has 6 heteroatoms. The summed E-state index contributed by atoms with van der Waals surface area (Å²) in [7, 11) is 1.90. The molecule has 3 N–H and O–H groups in total. The Morgan fingerprint density at radius 1 is 1.29 bits per heavy atom. The number of aromatic nitrogens is 2. The molecule has 2 rings (SSSR count). The van der Waals surface area contributed by atoms with Crippen molar-refractivity contribution in [2.45, 2.75) is 19.4 Å². The van der Waals surface area contributed by atoms with Gasteiger partial charge in [-0.05, 0) is 36.1 Å². The van der Waals surface area contributed by atoms with Gasteiger partial charge < -0.3 is 11.1 Å². The number of carbonyl (C=O) groups is 1. The molecule has 0 saturated heterocycles. The van der Waals surface area contributed by atoms with Gasteiger partial charge in [0.05, 0.1) is 6.20 Å². The van der Waals surface area contributed by atoms with E-state index in [-0.39, 0.29) is 18.3 Å². The number of carbonyl (C=O) groups excluding carboxylic acids is 1. The van der Waals surface area contributed by atoms with E-state index in [1.165, 1.54) is 5.56 Å². The maximum atomic E-state index is 11.9. The predicted molar refractivity (Wildman–Crippen MR) is 85.4 cm³/mol. The summed E-state index contributed by atoms with van der Waals surface area (Å²) in [5.41, 5.74) is 8.41. The number of hydrogen-bond donors (Lipinski definition) is 2. The third kappa shape index (κ3) is 5.21. The largest absolute Gasteiger partial charge is 0.352 e. The molecule has 0 unspecified atom stereocenters. The second kappa shape index (κ2) is 8.44. The fraction of sp³-hybridized carbons (Fsp3) is 0.333. The monoisotopic (exact) mass is 308 g/mol. The molecule has 0 aliphatic heterocycles. The Morgan fingerprint density at radius 3 is 2.57 bits per heavy atom. The number of halogens is 1. The zero-order valence-electron chi connectivity index (χ0n) is 12.1. The van der Waals surface area contributed by atoms with Crippen LogP contribution in [0, 0.1) is 0 Å². The van der Waals surface area contributed by atoms with Crippen LogP contribution in [0.5, 0.6) is 0 Å². The summed E-state index contributed by atoms with van der Waals surface area (Å²) in [5.74, 6) is -0.0419. The van der Waals surface area contributed by atoms with E-state index in [0.29, 0.717) is 18.7 Å². The van der Waals surface area contributed by atoms with Crippen molar-refractivity contribution in [2.24, 2.45) is 12.8 Å². The molecule has 0 aliphatic carbocycles. The Bertz CT molecular complexity index is 565. The third-order valence-corrected chi connectivity index (χ3v) is 3.14. The molecule has 1 heterocycles. The summed E-state index contributed by atoms with van der Waals surface area (Å²) < 4.78 is 1.78. The first-order valence-electron chi connectivity index (χ1n) is 6.74. The molecule has 0 radical (unpaired) electrons. The van der Waals surface area contributed by atoms with Gasteiger partial charge in [0.15, 0.2) is 0 Å². The molecular formula is C15H21ClN4O. The molecule has 21 heavy (non-hydrogen) atoms. The summed E-state index contributed by atoms with van der Waals surface area (Å²) in [5, 5.41) is 7.03. The lowest BCUT2D eigenvalue weighted by atomic mass is 10.1. The van der Waals surface area contributed by atoms with E-state index in [9.17, 15) is 4.79 Å². The second-order valence-electron chi connectivity index (χ2n) is 4.78. The third-order valence-electron chi connectivity index (χ3n) is 3.14. The highest BCUT2D eigenvalue weighted by Gasteiger charge is 2.04. The van der Waals surface area contributed by atoms with Gasteiger partial charge in [-0.2, -0.15) is 5.10 Å². The minimum atomic E-state index is -0.0419. The molecule has 114 valence electrons. The first-order chi connectivity index (χ1) is 9.69. The first kappa shape index (κ1) is 17.2. The summed E-state index contributed by atoms with van der Waals surface area (Å²) in [6.45, 7) is 1.15. The minimum absolute atomic E-state index is 0. The van der Waals surface area contributed by atoms with Crippen molar-refractivity contribution in [1.82, 2.24) is 15.1 Å². The molecule has 1 aromatic heterocycles. The number of amides is 1. The van der Waals surface area contributed by atoms with E-state index >= 15 is 0 Å². The molecule has 1 amide bonds. The van der Waals surface area contributed by atoms with Crippen molar-refractivity contribution < 1.29 is 4.79 Å². The maximum Gasteiger partial charge on any atom is 0.251 e. The molecule has 2 aromatic rings. The maximum absolute atomic E-state index is 11.9. The van der Waals surface area contributed by atoms with Crippen LogP contribution in [0.2, 0.25) is 0 Å². The Morgan fingerprint density at radius 2 is 2.00 bits per heavy atom. The van der Waals surface area contributed by atoms with Gasteiger partial charge in [-0.3, -0.25) is 9.48 Å². The van der Waals surface area contributed by atoms with Crippen molar-refractivity contribution in [3.63, 3.8) is 0 Å². The smallest absolute Gasteiger partial charge is 0.251 e. The van der Waals surface area contributed by atoms with E-state index in [1.54, 1.807) is 16.8 Å². The van der Waals surface area contributed by atoms with Crippen LogP contribution < -0.4 is 11.1 Å². The molecule has 0 spiro atoms. The molecule has 0 fully saturated rings. The van der Waals surface area contributed by atoms with Gasteiger partial charge in [0.2, 0.25) is 0 Å². The lowest BCUT2D eigenvalue weighted by Gasteiger charge is -2.05. The van der Waals surface area contributed by atoms with E-state index in [0.717, 1.165) is 18.4 Å². The summed E-state index contributed by atoms with van der Waals surface area (Å²) in [6.07, 6.45) is 5.67. The fourth-order valence-corrected chi connectivity index (χ4v) is 1.99. The number of benzene rings is 1. The van der Waals surface area contributed by atoms with E-state index in [1.807, 2.05) is 31.6 Å². The van der Waals surface area contributed by atoms with E-state index in [2.05, 4.69) is 10.4 Å². The van der Waals surface area contributed by atoms with Gasteiger partial charge in [0.1, 0.15) is 0 Å². The lowest BCUT2D eigenvalue weighted by molar-refractivity contribution is 0.0953. The van der Waals surface area contributed by atoms with Crippen LogP contribution in [0.3, 0.4) is 0 Å². The number of nitrogens with two attached hydrogens (primary N) is 1. The van der Waals surface area contributed by atoms with Crippen molar-refractivity contribution >= 4 is 18.3 Å². The van der Waals surface area contributed by atoms with Gasteiger partial charge in [0.25, 0.3) is 5.91 Å². The minimum Gasteiger partial charge on any atom is -0.352 e. The van der Waals surface area contributed by atoms with Crippen LogP contribution in [-0.2, 0) is 20.0 Å². The summed E-state index contributed by atoms with van der Waals surface area (Å²) in [4.78, 5) is 11.9. The molecule has 0 atom stereocenters. The number of rotatable bonds is 6. The van der Waals surface area contributed by atoms with Crippen LogP contribution in [0.1, 0.15) is 27.9 Å². The van der Waals surface area contributed by atoms with Crippen molar-refractivity contribution in [1.29, 1.82) is 0 Å². The highest BCUT2D eigenvalue weighted by molar-refractivity contribution is 5.94. The number of nitrogens with one attached hydrogen (secondary N) is 1. The molecule has 5 nitrogen and oxygen atoms in total. The number of hydrogen-bond acceptors (Lipinski definition) is 3. The highest BCUT2D eigenvalue weighted by Crippen LogP contribution is 2.04. The number of aryl methyl sites for hydroxylation is 2. The van der Waals surface area contributed by atoms with Gasteiger partial charge in [0, 0.05) is 31.9 Å². The molecule has 1 aromatic carbocycles. The summed E-state index contributed by atoms with van der Waals surface area (Å²) >= 11 is 0. The van der Waals surface area contributed by atoms with Crippen LogP contribution in [0.25, 0.3) is 0 Å².